The molecule has 1 unspecified atom stereocenters. The Balaban J connectivity index is 1.49. The molecular weight excluding hydrogens is 386 g/mol. The van der Waals surface area contributed by atoms with Crippen LogP contribution in [0.2, 0.25) is 0 Å². The molecule has 8 rings (SSSR count). The molecule has 4 heteroatoms. The SMILES string of the molecule is CO[C@]12CC[C@@]3(C[C@@H]1C(C)(C)C)C1Cc4ccc(O)c5c4[C@@]3(CCN1CC1CC1)[C@H]2O5. The van der Waals surface area contributed by atoms with E-state index in [9.17, 15) is 5.11 Å². The summed E-state index contributed by atoms with van der Waals surface area (Å²) in [7, 11) is 1.92. The van der Waals surface area contributed by atoms with Crippen LogP contribution in [0.5, 0.6) is 11.5 Å². The van der Waals surface area contributed by atoms with Crippen LogP contribution in [0.4, 0.5) is 0 Å². The van der Waals surface area contributed by atoms with Crippen molar-refractivity contribution in [3.63, 3.8) is 0 Å². The molecule has 6 atom stereocenters. The molecule has 1 N–H and O–H groups in total. The van der Waals surface area contributed by atoms with E-state index in [4.69, 9.17) is 9.47 Å². The molecule has 2 spiro atoms. The van der Waals surface area contributed by atoms with E-state index >= 15 is 0 Å². The van der Waals surface area contributed by atoms with Crippen molar-refractivity contribution in [3.05, 3.63) is 23.3 Å². The normalized spacial score (nSPS) is 44.8. The van der Waals surface area contributed by atoms with Gasteiger partial charge in [0.1, 0.15) is 11.7 Å². The van der Waals surface area contributed by atoms with Crippen molar-refractivity contribution in [2.45, 2.75) is 88.9 Å². The van der Waals surface area contributed by atoms with E-state index in [1.807, 2.05) is 13.2 Å². The summed E-state index contributed by atoms with van der Waals surface area (Å²) in [6.07, 6.45) is 8.65. The molecule has 31 heavy (non-hydrogen) atoms. The molecule has 0 amide bonds. The fourth-order valence-corrected chi connectivity index (χ4v) is 9.42. The van der Waals surface area contributed by atoms with E-state index < -0.39 is 0 Å². The summed E-state index contributed by atoms with van der Waals surface area (Å²) in [5.74, 6) is 2.49. The number of phenolic OH excluding ortho intramolecular Hbond substituents is 1. The maximum atomic E-state index is 10.9. The molecule has 0 radical (unpaired) electrons. The minimum absolute atomic E-state index is 0.00458. The number of phenols is 1. The molecule has 1 aromatic carbocycles. The summed E-state index contributed by atoms with van der Waals surface area (Å²) in [4.78, 5) is 2.89. The molecule has 1 saturated heterocycles. The molecule has 4 bridgehead atoms. The van der Waals surface area contributed by atoms with Crippen LogP contribution in [0, 0.1) is 22.7 Å². The molecule has 0 aromatic heterocycles. The molecular formula is C27H37NO3. The van der Waals surface area contributed by atoms with Crippen molar-refractivity contribution < 1.29 is 14.6 Å². The number of methoxy groups -OCH3 is 1. The van der Waals surface area contributed by atoms with E-state index in [1.165, 1.54) is 43.4 Å². The minimum atomic E-state index is -0.275. The van der Waals surface area contributed by atoms with E-state index in [0.29, 0.717) is 17.7 Å². The van der Waals surface area contributed by atoms with Crippen LogP contribution >= 0.6 is 0 Å². The van der Waals surface area contributed by atoms with Crippen molar-refractivity contribution >= 4 is 0 Å². The van der Waals surface area contributed by atoms with Gasteiger partial charge in [-0.15, -0.1) is 0 Å². The highest BCUT2D eigenvalue weighted by Gasteiger charge is 2.81. The Hall–Kier alpha value is -1.26. The predicted molar refractivity (Wildman–Crippen MR) is 120 cm³/mol. The molecule has 7 aliphatic rings. The smallest absolute Gasteiger partial charge is 0.165 e. The Labute approximate surface area is 186 Å². The Kier molecular flexibility index (Phi) is 3.49. The molecule has 168 valence electrons. The summed E-state index contributed by atoms with van der Waals surface area (Å²) in [6, 6.07) is 4.67. The molecule has 5 aliphatic carbocycles. The maximum Gasteiger partial charge on any atom is 0.165 e. The highest BCUT2D eigenvalue weighted by atomic mass is 16.6. The molecule has 2 aliphatic heterocycles. The van der Waals surface area contributed by atoms with Gasteiger partial charge in [-0.3, -0.25) is 4.90 Å². The first kappa shape index (κ1) is 19.2. The van der Waals surface area contributed by atoms with Crippen LogP contribution in [0.15, 0.2) is 12.1 Å². The summed E-state index contributed by atoms with van der Waals surface area (Å²) >= 11 is 0. The standard InChI is InChI=1S/C27H37NO3/c1-24(2,3)19-14-25-9-10-27(19,30-4)23-26(25)11-12-28(15-16-5-6-16)20(25)13-17-7-8-18(29)22(31-23)21(17)26/h7-8,16,19-20,23,29H,5-6,9-15H2,1-4H3/t19-,20?,23-,25-,26+,27-/m1/s1. The van der Waals surface area contributed by atoms with Gasteiger partial charge in [-0.1, -0.05) is 26.8 Å². The van der Waals surface area contributed by atoms with Gasteiger partial charge in [-0.2, -0.15) is 0 Å². The number of hydrogen-bond acceptors (Lipinski definition) is 4. The van der Waals surface area contributed by atoms with Gasteiger partial charge in [0.15, 0.2) is 11.5 Å². The molecule has 4 nitrogen and oxygen atoms in total. The van der Waals surface area contributed by atoms with Crippen molar-refractivity contribution in [2.75, 3.05) is 20.2 Å². The number of piperidine rings is 1. The number of benzene rings is 1. The first-order chi connectivity index (χ1) is 14.8. The lowest BCUT2D eigenvalue weighted by Crippen LogP contribution is -2.81. The highest BCUT2D eigenvalue weighted by Crippen LogP contribution is 2.78. The number of hydrogen-bond donors (Lipinski definition) is 1. The third kappa shape index (κ3) is 2.02. The Bertz CT molecular complexity index is 964. The first-order valence-electron chi connectivity index (χ1n) is 12.6. The molecule has 1 aromatic rings. The zero-order valence-electron chi connectivity index (χ0n) is 19.5. The van der Waals surface area contributed by atoms with Crippen LogP contribution in [0.3, 0.4) is 0 Å². The fourth-order valence-electron chi connectivity index (χ4n) is 9.42. The van der Waals surface area contributed by atoms with Gasteiger partial charge in [-0.05, 0) is 80.4 Å². The van der Waals surface area contributed by atoms with Crippen LogP contribution < -0.4 is 4.74 Å². The van der Waals surface area contributed by atoms with Crippen LogP contribution in [-0.4, -0.2) is 48.0 Å². The topological polar surface area (TPSA) is 41.9 Å². The van der Waals surface area contributed by atoms with Gasteiger partial charge in [-0.25, -0.2) is 0 Å². The van der Waals surface area contributed by atoms with Crippen molar-refractivity contribution in [2.24, 2.45) is 22.7 Å². The van der Waals surface area contributed by atoms with Crippen molar-refractivity contribution in [1.29, 1.82) is 0 Å². The summed E-state index contributed by atoms with van der Waals surface area (Å²) in [6.45, 7) is 9.64. The molecule has 4 saturated carbocycles. The number of fused-ring (bicyclic) bond motifs is 2. The van der Waals surface area contributed by atoms with Gasteiger partial charge in [0.05, 0.1) is 0 Å². The van der Waals surface area contributed by atoms with E-state index in [1.54, 1.807) is 0 Å². The number of nitrogens with zero attached hydrogens (tertiary/aromatic N) is 1. The van der Waals surface area contributed by atoms with Crippen LogP contribution in [-0.2, 0) is 16.6 Å². The zero-order valence-corrected chi connectivity index (χ0v) is 19.5. The number of ether oxygens (including phenoxy) is 2. The molecule has 2 heterocycles. The fraction of sp³-hybridized carbons (Fsp3) is 0.778. The average Bonchev–Trinajstić information content (AvgIpc) is 3.47. The highest BCUT2D eigenvalue weighted by molar-refractivity contribution is 5.63. The average molecular weight is 424 g/mol. The summed E-state index contributed by atoms with van der Waals surface area (Å²) in [5, 5.41) is 10.9. The van der Waals surface area contributed by atoms with Crippen LogP contribution in [0.1, 0.15) is 70.4 Å². The number of aromatic hydroxyl groups is 1. The van der Waals surface area contributed by atoms with E-state index in [2.05, 4.69) is 31.7 Å². The monoisotopic (exact) mass is 423 g/mol. The number of likely N-dealkylation sites (tertiary alicyclic amines) is 1. The lowest BCUT2D eigenvalue weighted by Gasteiger charge is -2.75. The quantitative estimate of drug-likeness (QED) is 0.768. The second-order valence-corrected chi connectivity index (χ2v) is 12.8. The van der Waals surface area contributed by atoms with Gasteiger partial charge in [0.25, 0.3) is 0 Å². The van der Waals surface area contributed by atoms with E-state index in [0.717, 1.165) is 37.5 Å². The van der Waals surface area contributed by atoms with Crippen molar-refractivity contribution in [3.8, 4) is 11.5 Å². The summed E-state index contributed by atoms with van der Waals surface area (Å²) < 4.78 is 13.5. The third-order valence-electron chi connectivity index (χ3n) is 10.7. The van der Waals surface area contributed by atoms with Gasteiger partial charge < -0.3 is 14.6 Å². The summed E-state index contributed by atoms with van der Waals surface area (Å²) in [5.41, 5.74) is 2.90. The Morgan fingerprint density at radius 1 is 1.19 bits per heavy atom. The zero-order chi connectivity index (χ0) is 21.4. The first-order valence-corrected chi connectivity index (χ1v) is 12.6. The predicted octanol–water partition coefficient (Wildman–Crippen LogP) is 4.66. The van der Waals surface area contributed by atoms with Gasteiger partial charge in [0.2, 0.25) is 0 Å². The van der Waals surface area contributed by atoms with Gasteiger partial charge in [0, 0.05) is 36.1 Å². The minimum Gasteiger partial charge on any atom is -0.504 e. The van der Waals surface area contributed by atoms with E-state index in [-0.39, 0.29) is 27.9 Å². The lowest BCUT2D eigenvalue weighted by molar-refractivity contribution is -0.292. The largest absolute Gasteiger partial charge is 0.504 e. The number of rotatable bonds is 3. The second-order valence-electron chi connectivity index (χ2n) is 12.8. The Morgan fingerprint density at radius 3 is 2.71 bits per heavy atom. The third-order valence-corrected chi connectivity index (χ3v) is 10.7. The van der Waals surface area contributed by atoms with Crippen LogP contribution in [0.25, 0.3) is 0 Å². The maximum absolute atomic E-state index is 10.9. The molecule has 5 fully saturated rings. The Morgan fingerprint density at radius 2 is 2.00 bits per heavy atom. The van der Waals surface area contributed by atoms with Crippen molar-refractivity contribution in [1.82, 2.24) is 4.90 Å². The second kappa shape index (κ2) is 5.62. The lowest BCUT2D eigenvalue weighted by atomic mass is 9.33. The van der Waals surface area contributed by atoms with Gasteiger partial charge >= 0.3 is 0 Å².